The number of benzene rings is 1. The average Bonchev–Trinajstić information content (AvgIpc) is 2.56. The first-order valence-corrected chi connectivity index (χ1v) is 8.53. The highest BCUT2D eigenvalue weighted by Gasteiger charge is 2.29. The Bertz CT molecular complexity index is 830. The van der Waals surface area contributed by atoms with Crippen molar-refractivity contribution in [3.63, 3.8) is 0 Å². The standard InChI is InChI=1S/C19H22F3N3O2/c1-13(2)9-23-10-14-8-16(17(26)24-15-6-4-3-5-7-15)18(27)25(11-14)12-19(20,21)22/h3-8,11,13,23H,9-10,12H2,1-2H3,(H,24,26). The van der Waals surface area contributed by atoms with Crippen LogP contribution in [-0.4, -0.2) is 23.2 Å². The number of carbonyl (C=O) groups excluding carboxylic acids is 1. The maximum Gasteiger partial charge on any atom is 0.406 e. The van der Waals surface area contributed by atoms with Gasteiger partial charge in [-0.25, -0.2) is 0 Å². The molecule has 2 aromatic rings. The summed E-state index contributed by atoms with van der Waals surface area (Å²) in [4.78, 5) is 24.9. The molecular formula is C19H22F3N3O2. The van der Waals surface area contributed by atoms with Crippen molar-refractivity contribution in [2.45, 2.75) is 33.1 Å². The largest absolute Gasteiger partial charge is 0.406 e. The highest BCUT2D eigenvalue weighted by molar-refractivity contribution is 6.04. The third-order valence-electron chi connectivity index (χ3n) is 3.65. The molecule has 5 nitrogen and oxygen atoms in total. The molecule has 0 aliphatic heterocycles. The van der Waals surface area contributed by atoms with Crippen molar-refractivity contribution in [1.82, 2.24) is 9.88 Å². The van der Waals surface area contributed by atoms with Crippen LogP contribution in [0, 0.1) is 5.92 Å². The highest BCUT2D eigenvalue weighted by Crippen LogP contribution is 2.17. The van der Waals surface area contributed by atoms with E-state index in [4.69, 9.17) is 0 Å². The number of carbonyl (C=O) groups is 1. The lowest BCUT2D eigenvalue weighted by Gasteiger charge is -2.14. The topological polar surface area (TPSA) is 63.1 Å². The number of aromatic nitrogens is 1. The molecule has 0 unspecified atom stereocenters. The highest BCUT2D eigenvalue weighted by atomic mass is 19.4. The van der Waals surface area contributed by atoms with E-state index >= 15 is 0 Å². The molecule has 0 aliphatic carbocycles. The minimum atomic E-state index is -4.57. The SMILES string of the molecule is CC(C)CNCc1cc(C(=O)Nc2ccccc2)c(=O)n(CC(F)(F)F)c1. The van der Waals surface area contributed by atoms with E-state index in [-0.39, 0.29) is 12.1 Å². The van der Waals surface area contributed by atoms with E-state index in [1.54, 1.807) is 30.3 Å². The van der Waals surface area contributed by atoms with Gasteiger partial charge < -0.3 is 15.2 Å². The summed E-state index contributed by atoms with van der Waals surface area (Å²) in [7, 11) is 0. The summed E-state index contributed by atoms with van der Waals surface area (Å²) < 4.78 is 39.0. The molecule has 0 bridgehead atoms. The van der Waals surface area contributed by atoms with Gasteiger partial charge in [-0.3, -0.25) is 9.59 Å². The zero-order valence-electron chi connectivity index (χ0n) is 15.1. The van der Waals surface area contributed by atoms with Gasteiger partial charge in [0.1, 0.15) is 12.1 Å². The van der Waals surface area contributed by atoms with Crippen LogP contribution in [0.2, 0.25) is 0 Å². The number of pyridine rings is 1. The van der Waals surface area contributed by atoms with Crippen LogP contribution in [0.4, 0.5) is 18.9 Å². The van der Waals surface area contributed by atoms with Gasteiger partial charge in [-0.1, -0.05) is 32.0 Å². The summed E-state index contributed by atoms with van der Waals surface area (Å²) in [6, 6.07) is 9.74. The Morgan fingerprint density at radius 3 is 2.44 bits per heavy atom. The van der Waals surface area contributed by atoms with E-state index in [2.05, 4.69) is 10.6 Å². The van der Waals surface area contributed by atoms with Crippen LogP contribution in [-0.2, 0) is 13.1 Å². The van der Waals surface area contributed by atoms with Gasteiger partial charge >= 0.3 is 6.18 Å². The van der Waals surface area contributed by atoms with Crippen LogP contribution in [0.25, 0.3) is 0 Å². The van der Waals surface area contributed by atoms with E-state index in [9.17, 15) is 22.8 Å². The third-order valence-corrected chi connectivity index (χ3v) is 3.65. The number of alkyl halides is 3. The maximum absolute atomic E-state index is 12.8. The van der Waals surface area contributed by atoms with E-state index < -0.39 is 24.2 Å². The van der Waals surface area contributed by atoms with E-state index in [1.165, 1.54) is 6.07 Å². The Morgan fingerprint density at radius 1 is 1.19 bits per heavy atom. The fraction of sp³-hybridized carbons (Fsp3) is 0.368. The van der Waals surface area contributed by atoms with Crippen LogP contribution in [0.3, 0.4) is 0 Å². The molecule has 0 aliphatic rings. The molecule has 0 saturated carbocycles. The van der Waals surface area contributed by atoms with Crippen LogP contribution in [0.15, 0.2) is 47.4 Å². The molecule has 0 fully saturated rings. The van der Waals surface area contributed by atoms with Crippen LogP contribution >= 0.6 is 0 Å². The average molecular weight is 381 g/mol. The first-order chi connectivity index (χ1) is 12.7. The van der Waals surface area contributed by atoms with Gasteiger partial charge in [0.25, 0.3) is 11.5 Å². The van der Waals surface area contributed by atoms with Crippen LogP contribution in [0.1, 0.15) is 29.8 Å². The summed E-state index contributed by atoms with van der Waals surface area (Å²) in [5.41, 5.74) is -0.425. The zero-order valence-corrected chi connectivity index (χ0v) is 15.1. The molecule has 0 saturated heterocycles. The number of para-hydroxylation sites is 1. The van der Waals surface area contributed by atoms with Gasteiger partial charge in [0.15, 0.2) is 0 Å². The fourth-order valence-electron chi connectivity index (χ4n) is 2.49. The Balaban J connectivity index is 2.33. The molecule has 1 amide bonds. The Kier molecular flexibility index (Phi) is 6.79. The van der Waals surface area contributed by atoms with Crippen molar-refractivity contribution in [3.05, 3.63) is 64.1 Å². The predicted molar refractivity (Wildman–Crippen MR) is 97.7 cm³/mol. The normalized spacial score (nSPS) is 11.6. The minimum Gasteiger partial charge on any atom is -0.322 e. The molecule has 27 heavy (non-hydrogen) atoms. The summed E-state index contributed by atoms with van der Waals surface area (Å²) in [6.45, 7) is 3.45. The molecule has 1 heterocycles. The van der Waals surface area contributed by atoms with Crippen molar-refractivity contribution in [1.29, 1.82) is 0 Å². The lowest BCUT2D eigenvalue weighted by molar-refractivity contribution is -0.141. The van der Waals surface area contributed by atoms with Crippen molar-refractivity contribution in [2.24, 2.45) is 5.92 Å². The molecule has 1 aromatic carbocycles. The van der Waals surface area contributed by atoms with Crippen molar-refractivity contribution >= 4 is 11.6 Å². The number of anilines is 1. The minimum absolute atomic E-state index is 0.252. The number of hydrogen-bond acceptors (Lipinski definition) is 3. The van der Waals surface area contributed by atoms with E-state index in [1.807, 2.05) is 13.8 Å². The summed E-state index contributed by atoms with van der Waals surface area (Å²) in [5.74, 6) is -0.389. The van der Waals surface area contributed by atoms with E-state index in [0.717, 1.165) is 6.20 Å². The van der Waals surface area contributed by atoms with Gasteiger partial charge in [-0.05, 0) is 36.2 Å². The quantitative estimate of drug-likeness (QED) is 0.773. The first-order valence-electron chi connectivity index (χ1n) is 8.53. The third kappa shape index (κ3) is 6.56. The summed E-state index contributed by atoms with van der Waals surface area (Å²) >= 11 is 0. The molecule has 0 radical (unpaired) electrons. The number of rotatable bonds is 7. The van der Waals surface area contributed by atoms with E-state index in [0.29, 0.717) is 28.3 Å². The fourth-order valence-corrected chi connectivity index (χ4v) is 2.49. The van der Waals surface area contributed by atoms with Crippen molar-refractivity contribution < 1.29 is 18.0 Å². The van der Waals surface area contributed by atoms with Gasteiger partial charge in [0, 0.05) is 18.4 Å². The Hall–Kier alpha value is -2.61. The molecule has 2 rings (SSSR count). The van der Waals surface area contributed by atoms with Crippen molar-refractivity contribution in [2.75, 3.05) is 11.9 Å². The molecular weight excluding hydrogens is 359 g/mol. The molecule has 8 heteroatoms. The molecule has 0 atom stereocenters. The summed E-state index contributed by atoms with van der Waals surface area (Å²) in [6.07, 6.45) is -3.43. The number of amides is 1. The maximum atomic E-state index is 12.8. The lowest BCUT2D eigenvalue weighted by Crippen LogP contribution is -2.34. The number of nitrogens with zero attached hydrogens (tertiary/aromatic N) is 1. The lowest BCUT2D eigenvalue weighted by atomic mass is 10.1. The molecule has 0 spiro atoms. The number of nitrogens with one attached hydrogen (secondary N) is 2. The second-order valence-electron chi connectivity index (χ2n) is 6.66. The monoisotopic (exact) mass is 381 g/mol. The second kappa shape index (κ2) is 8.85. The number of halogens is 3. The first kappa shape index (κ1) is 20.7. The zero-order chi connectivity index (χ0) is 20.0. The molecule has 1 aromatic heterocycles. The Labute approximate surface area is 155 Å². The molecule has 2 N–H and O–H groups in total. The number of hydrogen-bond donors (Lipinski definition) is 2. The second-order valence-corrected chi connectivity index (χ2v) is 6.66. The molecule has 146 valence electrons. The summed E-state index contributed by atoms with van der Waals surface area (Å²) in [5, 5.41) is 5.63. The van der Waals surface area contributed by atoms with Crippen LogP contribution < -0.4 is 16.2 Å². The Morgan fingerprint density at radius 2 is 1.85 bits per heavy atom. The van der Waals surface area contributed by atoms with Gasteiger partial charge in [0.05, 0.1) is 0 Å². The van der Waals surface area contributed by atoms with Gasteiger partial charge in [-0.15, -0.1) is 0 Å². The van der Waals surface area contributed by atoms with Gasteiger partial charge in [0.2, 0.25) is 0 Å². The predicted octanol–water partition coefficient (Wildman–Crippen LogP) is 3.41. The van der Waals surface area contributed by atoms with Crippen LogP contribution in [0.5, 0.6) is 0 Å². The smallest absolute Gasteiger partial charge is 0.322 e. The van der Waals surface area contributed by atoms with Gasteiger partial charge in [-0.2, -0.15) is 13.2 Å². The van der Waals surface area contributed by atoms with Crippen molar-refractivity contribution in [3.8, 4) is 0 Å².